The molecule has 0 aliphatic heterocycles. The Labute approximate surface area is 167 Å². The summed E-state index contributed by atoms with van der Waals surface area (Å²) in [7, 11) is 4.58. The summed E-state index contributed by atoms with van der Waals surface area (Å²) >= 11 is 0. The summed E-state index contributed by atoms with van der Waals surface area (Å²) in [6.45, 7) is 0.394. The van der Waals surface area contributed by atoms with Crippen molar-refractivity contribution >= 4 is 12.0 Å². The molecule has 0 bridgehead atoms. The van der Waals surface area contributed by atoms with E-state index in [0.717, 1.165) is 5.56 Å². The van der Waals surface area contributed by atoms with Gasteiger partial charge in [-0.2, -0.15) is 5.26 Å². The van der Waals surface area contributed by atoms with Gasteiger partial charge in [-0.25, -0.2) is 14.4 Å². The normalized spacial score (nSPS) is 10.7. The zero-order valence-corrected chi connectivity index (χ0v) is 16.2. The molecule has 3 aromatic rings. The lowest BCUT2D eigenvalue weighted by Gasteiger charge is -2.13. The smallest absolute Gasteiger partial charge is 0.203 e. The predicted molar refractivity (Wildman–Crippen MR) is 106 cm³/mol. The van der Waals surface area contributed by atoms with Crippen molar-refractivity contribution in [3.63, 3.8) is 0 Å². The molecular weight excluding hydrogens is 375 g/mol. The lowest BCUT2D eigenvalue weighted by atomic mass is 10.2. The van der Waals surface area contributed by atoms with Crippen molar-refractivity contribution in [2.24, 2.45) is 4.99 Å². The van der Waals surface area contributed by atoms with E-state index < -0.39 is 0 Å². The highest BCUT2D eigenvalue weighted by atomic mass is 19.1. The molecule has 0 amide bonds. The Morgan fingerprint density at radius 2 is 1.79 bits per heavy atom. The fourth-order valence-corrected chi connectivity index (χ4v) is 2.85. The maximum atomic E-state index is 13.1. The van der Waals surface area contributed by atoms with E-state index in [2.05, 4.69) is 9.98 Å². The minimum atomic E-state index is -0.309. The van der Waals surface area contributed by atoms with E-state index >= 15 is 0 Å². The molecule has 0 atom stereocenters. The number of halogens is 1. The van der Waals surface area contributed by atoms with E-state index in [0.29, 0.717) is 35.2 Å². The SMILES string of the molecule is COc1ccc(/C=N/c2c(C#N)ncn2Cc2ccc(F)cc2)c(OC)c1OC. The monoisotopic (exact) mass is 394 g/mol. The van der Waals surface area contributed by atoms with E-state index in [1.54, 1.807) is 35.0 Å². The number of aliphatic imine (C=N–C) groups is 1. The third-order valence-corrected chi connectivity index (χ3v) is 4.24. The first-order chi connectivity index (χ1) is 14.1. The Hall–Kier alpha value is -3.86. The van der Waals surface area contributed by atoms with Gasteiger partial charge in [0.05, 0.1) is 34.2 Å². The van der Waals surface area contributed by atoms with Crippen LogP contribution in [-0.4, -0.2) is 37.1 Å². The molecule has 0 fully saturated rings. The number of ether oxygens (including phenoxy) is 3. The number of imidazole rings is 1. The second kappa shape index (κ2) is 8.89. The zero-order chi connectivity index (χ0) is 20.8. The third kappa shape index (κ3) is 4.19. The molecule has 148 valence electrons. The molecule has 1 aromatic heterocycles. The summed E-state index contributed by atoms with van der Waals surface area (Å²) in [5, 5.41) is 9.37. The molecule has 8 heteroatoms. The van der Waals surface area contributed by atoms with Crippen LogP contribution in [0, 0.1) is 17.1 Å². The molecule has 2 aromatic carbocycles. The molecule has 0 saturated carbocycles. The Bertz CT molecular complexity index is 1070. The van der Waals surface area contributed by atoms with Gasteiger partial charge in [-0.1, -0.05) is 12.1 Å². The first-order valence-electron chi connectivity index (χ1n) is 8.64. The van der Waals surface area contributed by atoms with Crippen LogP contribution in [0.2, 0.25) is 0 Å². The van der Waals surface area contributed by atoms with Gasteiger partial charge in [0.25, 0.3) is 0 Å². The summed E-state index contributed by atoms with van der Waals surface area (Å²) in [6.07, 6.45) is 3.10. The average Bonchev–Trinajstić information content (AvgIpc) is 3.14. The first kappa shape index (κ1) is 19.9. The molecule has 3 rings (SSSR count). The van der Waals surface area contributed by atoms with Gasteiger partial charge in [-0.3, -0.25) is 0 Å². The number of aromatic nitrogens is 2. The second-order valence-electron chi connectivity index (χ2n) is 5.96. The van der Waals surface area contributed by atoms with E-state index in [1.165, 1.54) is 39.8 Å². The molecule has 29 heavy (non-hydrogen) atoms. The van der Waals surface area contributed by atoms with Crippen LogP contribution in [0.15, 0.2) is 47.7 Å². The van der Waals surface area contributed by atoms with E-state index in [-0.39, 0.29) is 11.5 Å². The molecule has 0 spiro atoms. The zero-order valence-electron chi connectivity index (χ0n) is 16.2. The summed E-state index contributed by atoms with van der Waals surface area (Å²) in [5.41, 5.74) is 1.68. The van der Waals surface area contributed by atoms with Crippen LogP contribution in [0.4, 0.5) is 10.2 Å². The number of benzene rings is 2. The lowest BCUT2D eigenvalue weighted by molar-refractivity contribution is 0.324. The van der Waals surface area contributed by atoms with Gasteiger partial charge in [0.2, 0.25) is 5.75 Å². The van der Waals surface area contributed by atoms with Gasteiger partial charge >= 0.3 is 0 Å². The van der Waals surface area contributed by atoms with Crippen molar-refractivity contribution in [3.05, 3.63) is 65.4 Å². The van der Waals surface area contributed by atoms with Gasteiger partial charge in [0.1, 0.15) is 11.9 Å². The summed E-state index contributed by atoms with van der Waals surface area (Å²) in [4.78, 5) is 8.57. The van der Waals surface area contributed by atoms with Crippen LogP contribution in [0.1, 0.15) is 16.8 Å². The van der Waals surface area contributed by atoms with Crippen LogP contribution in [-0.2, 0) is 6.54 Å². The number of rotatable bonds is 7. The lowest BCUT2D eigenvalue weighted by Crippen LogP contribution is -2.00. The van der Waals surface area contributed by atoms with E-state index in [4.69, 9.17) is 14.2 Å². The number of hydrogen-bond acceptors (Lipinski definition) is 6. The molecule has 0 N–H and O–H groups in total. The van der Waals surface area contributed by atoms with E-state index in [1.807, 2.05) is 6.07 Å². The van der Waals surface area contributed by atoms with E-state index in [9.17, 15) is 9.65 Å². The molecular formula is C21H19FN4O3. The molecule has 0 aliphatic carbocycles. The standard InChI is InChI=1S/C21H19FN4O3/c1-27-18-9-6-15(19(28-2)20(18)29-3)11-24-21-17(10-23)25-13-26(21)12-14-4-7-16(22)8-5-14/h4-9,11,13H,12H2,1-3H3/b24-11+. The van der Waals surface area contributed by atoms with Gasteiger partial charge in [-0.05, 0) is 29.8 Å². The number of hydrogen-bond donors (Lipinski definition) is 0. The maximum Gasteiger partial charge on any atom is 0.203 e. The van der Waals surface area contributed by atoms with Gasteiger partial charge in [0.15, 0.2) is 23.0 Å². The van der Waals surface area contributed by atoms with Crippen LogP contribution < -0.4 is 14.2 Å². The van der Waals surface area contributed by atoms with Crippen LogP contribution in [0.3, 0.4) is 0 Å². The van der Waals surface area contributed by atoms with Crippen LogP contribution in [0.25, 0.3) is 0 Å². The number of methoxy groups -OCH3 is 3. The highest BCUT2D eigenvalue weighted by molar-refractivity contribution is 5.87. The molecule has 7 nitrogen and oxygen atoms in total. The average molecular weight is 394 g/mol. The van der Waals surface area contributed by atoms with Crippen molar-refractivity contribution in [3.8, 4) is 23.3 Å². The molecule has 1 heterocycles. The summed E-state index contributed by atoms with van der Waals surface area (Å²) < 4.78 is 31.0. The quantitative estimate of drug-likeness (QED) is 0.571. The fraction of sp³-hybridized carbons (Fsp3) is 0.190. The van der Waals surface area contributed by atoms with Crippen molar-refractivity contribution in [1.82, 2.24) is 9.55 Å². The van der Waals surface area contributed by atoms with Crippen molar-refractivity contribution in [2.75, 3.05) is 21.3 Å². The summed E-state index contributed by atoms with van der Waals surface area (Å²) in [6, 6.07) is 11.7. The fourth-order valence-electron chi connectivity index (χ4n) is 2.85. The van der Waals surface area contributed by atoms with Crippen LogP contribution in [0.5, 0.6) is 17.2 Å². The Kier molecular flexibility index (Phi) is 6.09. The van der Waals surface area contributed by atoms with Crippen molar-refractivity contribution in [2.45, 2.75) is 6.54 Å². The third-order valence-electron chi connectivity index (χ3n) is 4.24. The Morgan fingerprint density at radius 1 is 1.07 bits per heavy atom. The minimum Gasteiger partial charge on any atom is -0.493 e. The topological polar surface area (TPSA) is 81.7 Å². The van der Waals surface area contributed by atoms with Gasteiger partial charge in [0, 0.05) is 11.8 Å². The van der Waals surface area contributed by atoms with Crippen molar-refractivity contribution in [1.29, 1.82) is 5.26 Å². The largest absolute Gasteiger partial charge is 0.493 e. The minimum absolute atomic E-state index is 0.183. The predicted octanol–water partition coefficient (Wildman–Crippen LogP) is 3.72. The molecule has 0 aliphatic rings. The van der Waals surface area contributed by atoms with Gasteiger partial charge in [-0.15, -0.1) is 0 Å². The molecule has 0 radical (unpaired) electrons. The maximum absolute atomic E-state index is 13.1. The Morgan fingerprint density at radius 3 is 2.41 bits per heavy atom. The van der Waals surface area contributed by atoms with Crippen molar-refractivity contribution < 1.29 is 18.6 Å². The number of nitriles is 1. The van der Waals surface area contributed by atoms with Crippen LogP contribution >= 0.6 is 0 Å². The highest BCUT2D eigenvalue weighted by Crippen LogP contribution is 2.39. The first-order valence-corrected chi connectivity index (χ1v) is 8.64. The molecule has 0 saturated heterocycles. The Balaban J connectivity index is 1.98. The highest BCUT2D eigenvalue weighted by Gasteiger charge is 2.15. The molecule has 0 unspecified atom stereocenters. The second-order valence-corrected chi connectivity index (χ2v) is 5.96. The number of nitrogens with zero attached hydrogens (tertiary/aromatic N) is 4. The summed E-state index contributed by atoms with van der Waals surface area (Å²) in [5.74, 6) is 1.50. The van der Waals surface area contributed by atoms with Gasteiger partial charge < -0.3 is 18.8 Å².